The molecule has 4 rings (SSSR count). The predicted octanol–water partition coefficient (Wildman–Crippen LogP) is 3.43. The fourth-order valence-electron chi connectivity index (χ4n) is 4.12. The summed E-state index contributed by atoms with van der Waals surface area (Å²) in [5.41, 5.74) is 6.70. The highest BCUT2D eigenvalue weighted by atomic mass is 19.4. The predicted molar refractivity (Wildman–Crippen MR) is 116 cm³/mol. The number of nitrogens with two attached hydrogens (primary N) is 1. The van der Waals surface area contributed by atoms with Crippen LogP contribution in [0.4, 0.5) is 29.3 Å². The van der Waals surface area contributed by atoms with Gasteiger partial charge in [0.1, 0.15) is 0 Å². The topological polar surface area (TPSA) is 98.9 Å². The number of alkyl halides is 3. The molecule has 174 valence electrons. The van der Waals surface area contributed by atoms with Gasteiger partial charge in [0.2, 0.25) is 0 Å². The first-order valence-corrected chi connectivity index (χ1v) is 10.5. The molecular weight excluding hydrogens is 437 g/mol. The second-order valence-electron chi connectivity index (χ2n) is 7.95. The van der Waals surface area contributed by atoms with Gasteiger partial charge in [0.25, 0.3) is 5.91 Å². The third-order valence-electron chi connectivity index (χ3n) is 5.74. The van der Waals surface area contributed by atoms with Crippen molar-refractivity contribution in [2.45, 2.75) is 25.1 Å². The Bertz CT molecular complexity index is 1100. The van der Waals surface area contributed by atoms with E-state index in [4.69, 9.17) is 10.8 Å². The molecule has 2 heterocycles. The van der Waals surface area contributed by atoms with Crippen molar-refractivity contribution in [3.63, 3.8) is 0 Å². The van der Waals surface area contributed by atoms with Crippen LogP contribution in [0, 0.1) is 0 Å². The maximum atomic E-state index is 13.3. The lowest BCUT2D eigenvalue weighted by atomic mass is 9.95. The molecule has 0 fully saturated rings. The lowest BCUT2D eigenvalue weighted by molar-refractivity contribution is -0.137. The van der Waals surface area contributed by atoms with Gasteiger partial charge < -0.3 is 21.1 Å². The molecular formula is C23H23F3N4O3. The van der Waals surface area contributed by atoms with Crippen LogP contribution < -0.4 is 16.0 Å². The number of unbranched alkanes of at least 4 members (excludes halogenated alkanes) is 1. The minimum absolute atomic E-state index is 0.0142. The number of carbonyl (C=O) groups excluding carboxylic acids is 2. The maximum Gasteiger partial charge on any atom is 0.416 e. The van der Waals surface area contributed by atoms with Gasteiger partial charge in [0.15, 0.2) is 0 Å². The molecule has 0 spiro atoms. The highest BCUT2D eigenvalue weighted by Gasteiger charge is 2.44. The Balaban J connectivity index is 1.77. The van der Waals surface area contributed by atoms with E-state index in [9.17, 15) is 22.8 Å². The third kappa shape index (κ3) is 4.38. The van der Waals surface area contributed by atoms with E-state index in [0.29, 0.717) is 41.9 Å². The number of amides is 3. The van der Waals surface area contributed by atoms with E-state index in [1.807, 2.05) is 0 Å². The number of nitrogens with zero attached hydrogens (tertiary/aromatic N) is 2. The van der Waals surface area contributed by atoms with Gasteiger partial charge in [0.05, 0.1) is 35.1 Å². The Hall–Kier alpha value is -3.53. The van der Waals surface area contributed by atoms with E-state index in [2.05, 4.69) is 5.32 Å². The minimum atomic E-state index is -4.58. The Morgan fingerprint density at radius 2 is 1.82 bits per heavy atom. The van der Waals surface area contributed by atoms with Crippen molar-refractivity contribution >= 4 is 23.3 Å². The summed E-state index contributed by atoms with van der Waals surface area (Å²) in [5.74, 6) is -0.304. The average molecular weight is 460 g/mol. The number of benzene rings is 2. The molecule has 4 N–H and O–H groups in total. The SMILES string of the molecule is Nc1ccc(C2NC(=O)N(c3cccc(C(F)(F)F)c3)C3=C2C(=O)N(CCCCO)C3)cc1. The number of rotatable bonds is 6. The van der Waals surface area contributed by atoms with Crippen LogP contribution in [0.15, 0.2) is 59.8 Å². The zero-order valence-electron chi connectivity index (χ0n) is 17.6. The van der Waals surface area contributed by atoms with Crippen LogP contribution in [0.2, 0.25) is 0 Å². The number of nitrogens with one attached hydrogen (secondary N) is 1. The van der Waals surface area contributed by atoms with Crippen LogP contribution in [0.1, 0.15) is 30.0 Å². The molecule has 2 aromatic carbocycles. The van der Waals surface area contributed by atoms with Crippen molar-refractivity contribution in [3.05, 3.63) is 70.9 Å². The molecule has 0 aromatic heterocycles. The molecule has 3 amide bonds. The fraction of sp³-hybridized carbons (Fsp3) is 0.304. The summed E-state index contributed by atoms with van der Waals surface area (Å²) in [6.07, 6.45) is -3.52. The van der Waals surface area contributed by atoms with Crippen molar-refractivity contribution in [3.8, 4) is 0 Å². The Kier molecular flexibility index (Phi) is 6.03. The first kappa shape index (κ1) is 22.7. The number of hydrogen-bond acceptors (Lipinski definition) is 4. The van der Waals surface area contributed by atoms with E-state index in [-0.39, 0.29) is 24.7 Å². The molecule has 2 aliphatic rings. The van der Waals surface area contributed by atoms with Gasteiger partial charge in [-0.3, -0.25) is 9.69 Å². The Morgan fingerprint density at radius 3 is 2.48 bits per heavy atom. The van der Waals surface area contributed by atoms with Crippen LogP contribution in [-0.2, 0) is 11.0 Å². The monoisotopic (exact) mass is 460 g/mol. The van der Waals surface area contributed by atoms with Gasteiger partial charge in [0, 0.05) is 18.8 Å². The zero-order chi connectivity index (χ0) is 23.8. The van der Waals surface area contributed by atoms with Crippen molar-refractivity contribution < 1.29 is 27.9 Å². The zero-order valence-corrected chi connectivity index (χ0v) is 17.6. The van der Waals surface area contributed by atoms with E-state index in [1.165, 1.54) is 12.1 Å². The van der Waals surface area contributed by atoms with E-state index < -0.39 is 23.8 Å². The Labute approximate surface area is 188 Å². The number of aliphatic hydroxyl groups excluding tert-OH is 1. The second-order valence-corrected chi connectivity index (χ2v) is 7.95. The quantitative estimate of drug-likeness (QED) is 0.454. The minimum Gasteiger partial charge on any atom is -0.399 e. The second kappa shape index (κ2) is 8.78. The average Bonchev–Trinajstić information content (AvgIpc) is 3.09. The molecule has 1 atom stereocenters. The van der Waals surface area contributed by atoms with Gasteiger partial charge in [-0.05, 0) is 48.7 Å². The standard InChI is InChI=1S/C23H23F3N4O3/c24-23(25,26)15-4-3-5-17(12-15)30-18-13-29(10-1-2-11-31)21(32)19(18)20(28-22(30)33)14-6-8-16(27)9-7-14/h3-9,12,20,31H,1-2,10-11,13,27H2,(H,28,33). The number of nitrogen functional groups attached to an aromatic ring is 1. The lowest BCUT2D eigenvalue weighted by Crippen LogP contribution is -2.47. The first-order chi connectivity index (χ1) is 15.7. The smallest absolute Gasteiger partial charge is 0.399 e. The number of hydrogen-bond donors (Lipinski definition) is 3. The van der Waals surface area contributed by atoms with Gasteiger partial charge in [-0.15, -0.1) is 0 Å². The number of aliphatic hydroxyl groups is 1. The summed E-state index contributed by atoms with van der Waals surface area (Å²) in [5, 5.41) is 11.8. The summed E-state index contributed by atoms with van der Waals surface area (Å²) in [6.45, 7) is 0.417. The molecule has 7 nitrogen and oxygen atoms in total. The third-order valence-corrected chi connectivity index (χ3v) is 5.74. The number of carbonyl (C=O) groups is 2. The maximum absolute atomic E-state index is 13.3. The van der Waals surface area contributed by atoms with Crippen molar-refractivity contribution in [1.82, 2.24) is 10.2 Å². The summed E-state index contributed by atoms with van der Waals surface area (Å²) in [7, 11) is 0. The summed E-state index contributed by atoms with van der Waals surface area (Å²) >= 11 is 0. The molecule has 33 heavy (non-hydrogen) atoms. The van der Waals surface area contributed by atoms with Crippen LogP contribution in [0.3, 0.4) is 0 Å². The van der Waals surface area contributed by atoms with Crippen LogP contribution in [-0.4, -0.2) is 41.6 Å². The lowest BCUT2D eigenvalue weighted by Gasteiger charge is -2.34. The first-order valence-electron chi connectivity index (χ1n) is 10.5. The molecule has 1 unspecified atom stereocenters. The van der Waals surface area contributed by atoms with Crippen LogP contribution >= 0.6 is 0 Å². The van der Waals surface area contributed by atoms with Crippen molar-refractivity contribution in [1.29, 1.82) is 0 Å². The Morgan fingerprint density at radius 1 is 1.09 bits per heavy atom. The van der Waals surface area contributed by atoms with E-state index in [0.717, 1.165) is 17.0 Å². The normalized spacial score (nSPS) is 18.6. The van der Waals surface area contributed by atoms with Crippen LogP contribution in [0.25, 0.3) is 0 Å². The molecule has 10 heteroatoms. The van der Waals surface area contributed by atoms with Gasteiger partial charge >= 0.3 is 12.2 Å². The van der Waals surface area contributed by atoms with E-state index in [1.54, 1.807) is 29.2 Å². The molecule has 0 aliphatic carbocycles. The summed E-state index contributed by atoms with van der Waals surface area (Å²) in [6, 6.07) is 9.78. The summed E-state index contributed by atoms with van der Waals surface area (Å²) in [4.78, 5) is 29.1. The van der Waals surface area contributed by atoms with Gasteiger partial charge in [-0.1, -0.05) is 18.2 Å². The highest BCUT2D eigenvalue weighted by molar-refractivity contribution is 6.07. The van der Waals surface area contributed by atoms with Gasteiger partial charge in [-0.25, -0.2) is 4.79 Å². The molecule has 0 bridgehead atoms. The molecule has 0 saturated heterocycles. The van der Waals surface area contributed by atoms with Crippen molar-refractivity contribution in [2.75, 3.05) is 30.3 Å². The summed E-state index contributed by atoms with van der Waals surface area (Å²) < 4.78 is 39.9. The molecule has 2 aliphatic heterocycles. The molecule has 2 aromatic rings. The largest absolute Gasteiger partial charge is 0.416 e. The number of urea groups is 1. The number of halogens is 3. The molecule has 0 radical (unpaired) electrons. The molecule has 0 saturated carbocycles. The fourth-order valence-corrected chi connectivity index (χ4v) is 4.12. The van der Waals surface area contributed by atoms with Crippen molar-refractivity contribution in [2.24, 2.45) is 0 Å². The van der Waals surface area contributed by atoms with E-state index >= 15 is 0 Å². The number of anilines is 2. The van der Waals surface area contributed by atoms with Gasteiger partial charge in [-0.2, -0.15) is 13.2 Å². The van der Waals surface area contributed by atoms with Crippen LogP contribution in [0.5, 0.6) is 0 Å². The highest BCUT2D eigenvalue weighted by Crippen LogP contribution is 2.40.